The summed E-state index contributed by atoms with van der Waals surface area (Å²) in [6.07, 6.45) is 1.26. The molecule has 0 atom stereocenters. The highest BCUT2D eigenvalue weighted by atomic mass is 35.5. The zero-order chi connectivity index (χ0) is 18.0. The SMILES string of the molecule is Cc1cc(C)c(Nc2nncc(Nc3c(F)cccc3F)n2)c(Cl)c1. The molecule has 0 aliphatic carbocycles. The first-order valence-corrected chi connectivity index (χ1v) is 7.76. The fourth-order valence-electron chi connectivity index (χ4n) is 2.35. The molecule has 0 unspecified atom stereocenters. The van der Waals surface area contributed by atoms with Crippen LogP contribution in [0.15, 0.2) is 36.5 Å². The predicted octanol–water partition coefficient (Wildman–Crippen LogP) is 4.91. The molecule has 3 rings (SSSR count). The van der Waals surface area contributed by atoms with E-state index in [1.807, 2.05) is 19.9 Å². The lowest BCUT2D eigenvalue weighted by Gasteiger charge is -2.12. The molecule has 0 radical (unpaired) electrons. The number of hydrogen-bond acceptors (Lipinski definition) is 5. The van der Waals surface area contributed by atoms with Crippen LogP contribution < -0.4 is 10.6 Å². The van der Waals surface area contributed by atoms with Gasteiger partial charge < -0.3 is 10.6 Å². The summed E-state index contributed by atoms with van der Waals surface area (Å²) >= 11 is 6.24. The molecule has 0 saturated heterocycles. The molecule has 3 aromatic rings. The molecule has 5 nitrogen and oxygen atoms in total. The number of anilines is 4. The molecule has 0 aliphatic rings. The van der Waals surface area contributed by atoms with Crippen molar-refractivity contribution in [2.45, 2.75) is 13.8 Å². The Morgan fingerprint density at radius 1 is 1.00 bits per heavy atom. The molecular weight excluding hydrogens is 348 g/mol. The van der Waals surface area contributed by atoms with E-state index >= 15 is 0 Å². The van der Waals surface area contributed by atoms with Crippen LogP contribution in [0.3, 0.4) is 0 Å². The minimum atomic E-state index is -0.731. The summed E-state index contributed by atoms with van der Waals surface area (Å²) in [7, 11) is 0. The Labute approximate surface area is 148 Å². The molecule has 0 fully saturated rings. The molecule has 0 saturated carbocycles. The fraction of sp³-hybridized carbons (Fsp3) is 0.118. The number of rotatable bonds is 4. The van der Waals surface area contributed by atoms with E-state index in [4.69, 9.17) is 11.6 Å². The van der Waals surface area contributed by atoms with Crippen molar-refractivity contribution in [3.8, 4) is 0 Å². The summed E-state index contributed by atoms with van der Waals surface area (Å²) in [6.45, 7) is 3.83. The van der Waals surface area contributed by atoms with Crippen LogP contribution in [-0.4, -0.2) is 15.2 Å². The number of aromatic nitrogens is 3. The van der Waals surface area contributed by atoms with Crippen molar-refractivity contribution in [1.29, 1.82) is 0 Å². The van der Waals surface area contributed by atoms with Crippen LogP contribution in [0.25, 0.3) is 0 Å². The van der Waals surface area contributed by atoms with Crippen LogP contribution in [0.1, 0.15) is 11.1 Å². The van der Waals surface area contributed by atoms with Crippen LogP contribution >= 0.6 is 11.6 Å². The highest BCUT2D eigenvalue weighted by molar-refractivity contribution is 6.33. The Balaban J connectivity index is 1.88. The van der Waals surface area contributed by atoms with Crippen molar-refractivity contribution in [2.24, 2.45) is 0 Å². The molecule has 2 N–H and O–H groups in total. The molecule has 128 valence electrons. The Hall–Kier alpha value is -2.80. The van der Waals surface area contributed by atoms with Crippen molar-refractivity contribution in [1.82, 2.24) is 15.2 Å². The summed E-state index contributed by atoms with van der Waals surface area (Å²) in [5, 5.41) is 13.7. The third kappa shape index (κ3) is 3.83. The van der Waals surface area contributed by atoms with Gasteiger partial charge in [0.2, 0.25) is 5.95 Å². The van der Waals surface area contributed by atoms with Crippen molar-refractivity contribution < 1.29 is 8.78 Å². The van der Waals surface area contributed by atoms with Crippen LogP contribution in [0.5, 0.6) is 0 Å². The Morgan fingerprint density at radius 2 is 1.72 bits per heavy atom. The van der Waals surface area contributed by atoms with Gasteiger partial charge in [-0.15, -0.1) is 5.10 Å². The first-order valence-electron chi connectivity index (χ1n) is 7.38. The number of aryl methyl sites for hydroxylation is 2. The van der Waals surface area contributed by atoms with Gasteiger partial charge >= 0.3 is 0 Å². The molecule has 0 amide bonds. The number of nitrogens with one attached hydrogen (secondary N) is 2. The maximum absolute atomic E-state index is 13.7. The molecule has 8 heteroatoms. The van der Waals surface area contributed by atoms with Gasteiger partial charge in [-0.1, -0.05) is 23.7 Å². The van der Waals surface area contributed by atoms with Gasteiger partial charge in [0, 0.05) is 0 Å². The Morgan fingerprint density at radius 3 is 2.40 bits per heavy atom. The number of hydrogen-bond donors (Lipinski definition) is 2. The monoisotopic (exact) mass is 361 g/mol. The first-order chi connectivity index (χ1) is 11.9. The van der Waals surface area contributed by atoms with Crippen LogP contribution in [0.4, 0.5) is 31.9 Å². The van der Waals surface area contributed by atoms with E-state index in [2.05, 4.69) is 25.8 Å². The van der Waals surface area contributed by atoms with E-state index in [-0.39, 0.29) is 17.5 Å². The van der Waals surface area contributed by atoms with E-state index in [1.165, 1.54) is 12.3 Å². The third-order valence-electron chi connectivity index (χ3n) is 3.44. The van der Waals surface area contributed by atoms with Crippen molar-refractivity contribution in [2.75, 3.05) is 10.6 Å². The van der Waals surface area contributed by atoms with Crippen LogP contribution in [0, 0.1) is 25.5 Å². The summed E-state index contributed by atoms with van der Waals surface area (Å²) in [4.78, 5) is 4.16. The zero-order valence-corrected chi connectivity index (χ0v) is 14.2. The second kappa shape index (κ2) is 6.98. The number of benzene rings is 2. The topological polar surface area (TPSA) is 62.7 Å². The van der Waals surface area contributed by atoms with Crippen molar-refractivity contribution in [3.63, 3.8) is 0 Å². The Kier molecular flexibility index (Phi) is 4.76. The van der Waals surface area contributed by atoms with Gasteiger partial charge in [0.1, 0.15) is 17.3 Å². The second-order valence-electron chi connectivity index (χ2n) is 5.45. The van der Waals surface area contributed by atoms with Crippen molar-refractivity contribution >= 4 is 34.7 Å². The Bertz CT molecular complexity index is 889. The smallest absolute Gasteiger partial charge is 0.249 e. The van der Waals surface area contributed by atoms with Gasteiger partial charge in [0.15, 0.2) is 5.82 Å². The summed E-state index contributed by atoms with van der Waals surface area (Å²) in [5.74, 6) is -1.17. The normalized spacial score (nSPS) is 10.6. The van der Waals surface area contributed by atoms with E-state index in [1.54, 1.807) is 6.07 Å². The number of para-hydroxylation sites is 1. The lowest BCUT2D eigenvalue weighted by molar-refractivity contribution is 0.590. The highest BCUT2D eigenvalue weighted by Gasteiger charge is 2.11. The molecule has 0 aliphatic heterocycles. The van der Waals surface area contributed by atoms with E-state index < -0.39 is 11.6 Å². The number of nitrogens with zero attached hydrogens (tertiary/aromatic N) is 3. The first kappa shape index (κ1) is 17.0. The van der Waals surface area contributed by atoms with E-state index in [9.17, 15) is 8.78 Å². The highest BCUT2D eigenvalue weighted by Crippen LogP contribution is 2.29. The fourth-order valence-corrected chi connectivity index (χ4v) is 2.72. The summed E-state index contributed by atoms with van der Waals surface area (Å²) in [5.41, 5.74) is 2.27. The van der Waals surface area contributed by atoms with E-state index in [0.717, 1.165) is 23.3 Å². The molecule has 1 heterocycles. The summed E-state index contributed by atoms with van der Waals surface area (Å²) in [6, 6.07) is 7.34. The van der Waals surface area contributed by atoms with Gasteiger partial charge in [0.25, 0.3) is 0 Å². The largest absolute Gasteiger partial charge is 0.334 e. The van der Waals surface area contributed by atoms with Gasteiger partial charge in [-0.3, -0.25) is 0 Å². The standard InChI is InChI=1S/C17H14ClF2N5/c1-9-6-10(2)15(11(18)7-9)24-17-23-14(8-21-25-17)22-16-12(19)4-3-5-13(16)20/h3-8H,1-2H3,(H2,22,23,24,25). The van der Waals surface area contributed by atoms with Crippen LogP contribution in [0.2, 0.25) is 5.02 Å². The maximum atomic E-state index is 13.7. The van der Waals surface area contributed by atoms with Gasteiger partial charge in [-0.05, 0) is 43.2 Å². The molecule has 25 heavy (non-hydrogen) atoms. The number of halogens is 3. The van der Waals surface area contributed by atoms with Gasteiger partial charge in [0.05, 0.1) is 16.9 Å². The lowest BCUT2D eigenvalue weighted by Crippen LogP contribution is -2.05. The molecule has 0 spiro atoms. The minimum Gasteiger partial charge on any atom is -0.334 e. The molecule has 1 aromatic heterocycles. The van der Waals surface area contributed by atoms with Gasteiger partial charge in [-0.25, -0.2) is 8.78 Å². The lowest BCUT2D eigenvalue weighted by atomic mass is 10.1. The third-order valence-corrected chi connectivity index (χ3v) is 3.74. The summed E-state index contributed by atoms with van der Waals surface area (Å²) < 4.78 is 27.5. The second-order valence-corrected chi connectivity index (χ2v) is 5.86. The van der Waals surface area contributed by atoms with Crippen LogP contribution in [-0.2, 0) is 0 Å². The molecule has 2 aromatic carbocycles. The van der Waals surface area contributed by atoms with E-state index in [0.29, 0.717) is 10.7 Å². The zero-order valence-electron chi connectivity index (χ0n) is 13.4. The average molecular weight is 362 g/mol. The minimum absolute atomic E-state index is 0.141. The molecule has 0 bridgehead atoms. The quantitative estimate of drug-likeness (QED) is 0.691. The van der Waals surface area contributed by atoms with Gasteiger partial charge in [-0.2, -0.15) is 10.1 Å². The molecular formula is C17H14ClF2N5. The average Bonchev–Trinajstić information content (AvgIpc) is 2.55. The van der Waals surface area contributed by atoms with Crippen molar-refractivity contribution in [3.05, 3.63) is 64.3 Å². The predicted molar refractivity (Wildman–Crippen MR) is 93.7 cm³/mol. The maximum Gasteiger partial charge on any atom is 0.249 e.